The van der Waals surface area contributed by atoms with Crippen LogP contribution in [0.5, 0.6) is 5.75 Å². The van der Waals surface area contributed by atoms with Crippen molar-refractivity contribution < 1.29 is 23.1 Å². The summed E-state index contributed by atoms with van der Waals surface area (Å²) in [6.07, 6.45) is 1.81. The number of urea groups is 1. The largest absolute Gasteiger partial charge is 0.488 e. The Morgan fingerprint density at radius 3 is 2.63 bits per heavy atom. The molecule has 0 spiro atoms. The predicted molar refractivity (Wildman–Crippen MR) is 117 cm³/mol. The van der Waals surface area contributed by atoms with E-state index >= 15 is 0 Å². The Morgan fingerprint density at radius 2 is 2.00 bits per heavy atom. The van der Waals surface area contributed by atoms with Crippen molar-refractivity contribution in [3.8, 4) is 5.75 Å². The molecule has 3 rings (SSSR count). The molecule has 160 valence electrons. The van der Waals surface area contributed by atoms with Crippen molar-refractivity contribution in [3.63, 3.8) is 0 Å². The Hall–Kier alpha value is -2.78. The van der Waals surface area contributed by atoms with E-state index in [4.69, 9.17) is 9.15 Å². The fraction of sp³-hybridized carbons (Fsp3) is 0.250. The highest BCUT2D eigenvalue weighted by molar-refractivity contribution is 7.79. The first-order valence-corrected chi connectivity index (χ1v) is 9.37. The topological polar surface area (TPSA) is 84.7 Å². The lowest BCUT2D eigenvalue weighted by atomic mass is 10.2. The number of fused-ring (bicyclic) bond motifs is 1. The van der Waals surface area contributed by atoms with Crippen LogP contribution < -0.4 is 10.1 Å². The number of benzene rings is 1. The van der Waals surface area contributed by atoms with Crippen LogP contribution in [0.4, 0.5) is 14.9 Å². The lowest BCUT2D eigenvalue weighted by Gasteiger charge is -2.18. The van der Waals surface area contributed by atoms with E-state index in [9.17, 15) is 14.0 Å². The van der Waals surface area contributed by atoms with Crippen LogP contribution in [-0.4, -0.2) is 33.5 Å². The second kappa shape index (κ2) is 10.3. The number of rotatable bonds is 6. The highest BCUT2D eigenvalue weighted by Crippen LogP contribution is 2.22. The number of anilines is 1. The number of halogens is 2. The molecule has 10 heteroatoms. The van der Waals surface area contributed by atoms with Crippen molar-refractivity contribution in [1.82, 2.24) is 9.29 Å². The van der Waals surface area contributed by atoms with Gasteiger partial charge in [-0.05, 0) is 49.7 Å². The summed E-state index contributed by atoms with van der Waals surface area (Å²) in [6.45, 7) is 3.40. The second-order valence-electron chi connectivity index (χ2n) is 6.34. The number of nitrogens with one attached hydrogen (secondary N) is 1. The Bertz CT molecular complexity index is 982. The van der Waals surface area contributed by atoms with Gasteiger partial charge in [-0.15, -0.1) is 12.4 Å². The maximum atomic E-state index is 13.6. The Balaban J connectivity index is 0.00000320. The third-order valence-corrected chi connectivity index (χ3v) is 4.60. The van der Waals surface area contributed by atoms with Crippen molar-refractivity contribution in [2.75, 3.05) is 5.32 Å². The van der Waals surface area contributed by atoms with Crippen LogP contribution in [0.1, 0.15) is 30.8 Å². The van der Waals surface area contributed by atoms with Crippen LogP contribution in [0.3, 0.4) is 0 Å². The maximum Gasteiger partial charge on any atom is 0.339 e. The lowest BCUT2D eigenvalue weighted by molar-refractivity contribution is 0.0875. The third kappa shape index (κ3) is 5.43. The molecule has 2 atom stereocenters. The van der Waals surface area contributed by atoms with Gasteiger partial charge in [0.25, 0.3) is 0 Å². The number of ether oxygens (including phenoxy) is 1. The number of nitrogens with zero attached hydrogens (tertiary/aromatic N) is 2. The monoisotopic (exact) mass is 453 g/mol. The number of imide groups is 1. The Kier molecular flexibility index (Phi) is 8.08. The van der Waals surface area contributed by atoms with Crippen LogP contribution >= 0.6 is 25.2 Å². The van der Waals surface area contributed by atoms with Crippen LogP contribution in [0.15, 0.2) is 53.2 Å². The molecule has 0 radical (unpaired) electrons. The molecule has 3 aromatic rings. The number of furan rings is 1. The molecule has 1 aromatic carbocycles. The molecule has 0 aliphatic heterocycles. The molecule has 3 amide bonds. The molecule has 0 aliphatic rings. The van der Waals surface area contributed by atoms with E-state index in [-0.39, 0.29) is 18.2 Å². The van der Waals surface area contributed by atoms with E-state index in [0.717, 1.165) is 0 Å². The average Bonchev–Trinajstić information content (AvgIpc) is 3.17. The molecule has 2 unspecified atom stereocenters. The molecule has 0 fully saturated rings. The molecule has 0 bridgehead atoms. The van der Waals surface area contributed by atoms with Gasteiger partial charge < -0.3 is 14.5 Å². The number of thiol groups is 1. The van der Waals surface area contributed by atoms with Gasteiger partial charge in [0, 0.05) is 23.5 Å². The van der Waals surface area contributed by atoms with Crippen LogP contribution in [-0.2, 0) is 0 Å². The number of amides is 3. The SMILES string of the molecule is CCC(F)C(C)Oc1ccc(NC(=O)N(S)C(=O)c2cc3cnccc3o2)cc1.Cl. The van der Waals surface area contributed by atoms with Gasteiger partial charge in [-0.2, -0.15) is 0 Å². The summed E-state index contributed by atoms with van der Waals surface area (Å²) in [6, 6.07) is 8.72. The van der Waals surface area contributed by atoms with Crippen molar-refractivity contribution in [2.45, 2.75) is 32.5 Å². The van der Waals surface area contributed by atoms with Gasteiger partial charge in [0.05, 0.1) is 0 Å². The van der Waals surface area contributed by atoms with Crippen molar-refractivity contribution >= 4 is 53.8 Å². The molecular weight excluding hydrogens is 433 g/mol. The fourth-order valence-electron chi connectivity index (χ4n) is 2.60. The van der Waals surface area contributed by atoms with Gasteiger partial charge in [-0.25, -0.2) is 13.5 Å². The standard InChI is InChI=1S/C20H20FN3O4S.ClH/c1-3-16(21)12(2)27-15-6-4-14(5-7-15)23-20(26)24(29)19(25)18-10-13-11-22-9-8-17(13)28-18;/h4-12,16,29H,3H2,1-2H3,(H,23,26);1H. The number of hydrogen-bond acceptors (Lipinski definition) is 6. The molecule has 0 saturated carbocycles. The minimum atomic E-state index is -1.06. The van der Waals surface area contributed by atoms with Gasteiger partial charge in [-0.3, -0.25) is 9.78 Å². The van der Waals surface area contributed by atoms with Gasteiger partial charge >= 0.3 is 11.9 Å². The number of hydrogen-bond donors (Lipinski definition) is 2. The summed E-state index contributed by atoms with van der Waals surface area (Å²) >= 11 is 3.97. The highest BCUT2D eigenvalue weighted by atomic mass is 35.5. The Labute approximate surface area is 184 Å². The van der Waals surface area contributed by atoms with Gasteiger partial charge in [-0.1, -0.05) is 19.7 Å². The minimum absolute atomic E-state index is 0. The lowest BCUT2D eigenvalue weighted by Crippen LogP contribution is -2.32. The average molecular weight is 454 g/mol. The molecular formula is C20H21ClFN3O4S. The van der Waals surface area contributed by atoms with Gasteiger partial charge in [0.2, 0.25) is 0 Å². The predicted octanol–water partition coefficient (Wildman–Crippen LogP) is 5.28. The number of alkyl halides is 1. The van der Waals surface area contributed by atoms with E-state index in [1.54, 1.807) is 50.4 Å². The first kappa shape index (κ1) is 23.5. The first-order chi connectivity index (χ1) is 13.9. The van der Waals surface area contributed by atoms with E-state index < -0.39 is 24.2 Å². The van der Waals surface area contributed by atoms with Gasteiger partial charge in [0.1, 0.15) is 23.6 Å². The van der Waals surface area contributed by atoms with E-state index in [0.29, 0.717) is 33.1 Å². The van der Waals surface area contributed by atoms with E-state index in [2.05, 4.69) is 23.1 Å². The van der Waals surface area contributed by atoms with Gasteiger partial charge in [0.15, 0.2) is 5.76 Å². The summed E-state index contributed by atoms with van der Waals surface area (Å²) in [5, 5.41) is 3.19. The first-order valence-electron chi connectivity index (χ1n) is 8.97. The number of pyridine rings is 1. The van der Waals surface area contributed by atoms with Crippen LogP contribution in [0.25, 0.3) is 11.0 Å². The zero-order chi connectivity index (χ0) is 21.0. The fourth-order valence-corrected chi connectivity index (χ4v) is 2.75. The number of aromatic nitrogens is 1. The molecule has 0 saturated heterocycles. The summed E-state index contributed by atoms with van der Waals surface area (Å²) in [4.78, 5) is 28.7. The van der Waals surface area contributed by atoms with Crippen molar-refractivity contribution in [3.05, 3.63) is 54.6 Å². The summed E-state index contributed by atoms with van der Waals surface area (Å²) in [5.74, 6) is -0.279. The second-order valence-corrected chi connectivity index (χ2v) is 6.74. The maximum absolute atomic E-state index is 13.6. The highest BCUT2D eigenvalue weighted by Gasteiger charge is 2.23. The van der Waals surface area contributed by atoms with E-state index in [1.807, 2.05) is 0 Å². The quantitative estimate of drug-likeness (QED) is 0.496. The Morgan fingerprint density at radius 1 is 1.30 bits per heavy atom. The smallest absolute Gasteiger partial charge is 0.339 e. The van der Waals surface area contributed by atoms with Crippen LogP contribution in [0, 0.1) is 0 Å². The molecule has 2 aromatic heterocycles. The number of carbonyl (C=O) groups is 2. The molecule has 0 aliphatic carbocycles. The zero-order valence-electron chi connectivity index (χ0n) is 16.2. The minimum Gasteiger partial charge on any atom is -0.488 e. The van der Waals surface area contributed by atoms with E-state index in [1.165, 1.54) is 12.3 Å². The number of carbonyl (C=O) groups excluding carboxylic acids is 2. The molecule has 30 heavy (non-hydrogen) atoms. The molecule has 2 heterocycles. The molecule has 7 nitrogen and oxygen atoms in total. The zero-order valence-corrected chi connectivity index (χ0v) is 18.0. The normalized spacial score (nSPS) is 12.5. The van der Waals surface area contributed by atoms with Crippen LogP contribution in [0.2, 0.25) is 0 Å². The third-order valence-electron chi connectivity index (χ3n) is 4.24. The summed E-state index contributed by atoms with van der Waals surface area (Å²) < 4.78 is 25.2. The molecule has 1 N–H and O–H groups in total. The van der Waals surface area contributed by atoms with Crippen molar-refractivity contribution in [2.24, 2.45) is 0 Å². The summed E-state index contributed by atoms with van der Waals surface area (Å²) in [5.41, 5.74) is 0.900. The van der Waals surface area contributed by atoms with Crippen molar-refractivity contribution in [1.29, 1.82) is 0 Å². The summed E-state index contributed by atoms with van der Waals surface area (Å²) in [7, 11) is 0.